The lowest BCUT2D eigenvalue weighted by molar-refractivity contribution is 0.284. The van der Waals surface area contributed by atoms with Gasteiger partial charge in [0.25, 0.3) is 0 Å². The summed E-state index contributed by atoms with van der Waals surface area (Å²) < 4.78 is 13.4. The first-order valence-electron chi connectivity index (χ1n) is 13.2. The monoisotopic (exact) mass is 620 g/mol. The first kappa shape index (κ1) is 29.7. The predicted octanol–water partition coefficient (Wildman–Crippen LogP) is 8.90. The molecular weight excluding hydrogens is 588 g/mol. The average Bonchev–Trinajstić information content (AvgIpc) is 2.95. The van der Waals surface area contributed by atoms with E-state index in [0.29, 0.717) is 42.2 Å². The maximum Gasteiger partial charge on any atom is 0.142 e. The third-order valence-corrected chi connectivity index (χ3v) is 7.66. The molecule has 40 heavy (non-hydrogen) atoms. The summed E-state index contributed by atoms with van der Waals surface area (Å²) in [6, 6.07) is 23.6. The average molecular weight is 622 g/mol. The molecule has 0 radical (unpaired) electrons. The molecule has 0 saturated carbocycles. The van der Waals surface area contributed by atoms with E-state index in [2.05, 4.69) is 64.9 Å². The van der Waals surface area contributed by atoms with Crippen LogP contribution in [0.25, 0.3) is 11.1 Å². The molecule has 0 aliphatic heterocycles. The molecule has 5 nitrogen and oxygen atoms in total. The third-order valence-electron chi connectivity index (χ3n) is 6.43. The summed E-state index contributed by atoms with van der Waals surface area (Å²) in [5.74, 6) is 1.66. The van der Waals surface area contributed by atoms with Gasteiger partial charge in [0.15, 0.2) is 0 Å². The number of nitrogens with zero attached hydrogens (tertiary/aromatic N) is 1. The van der Waals surface area contributed by atoms with Gasteiger partial charge in [-0.25, -0.2) is 0 Å². The van der Waals surface area contributed by atoms with Crippen molar-refractivity contribution in [2.75, 3.05) is 0 Å². The number of aliphatic hydroxyl groups is 1. The first-order chi connectivity index (χ1) is 19.3. The van der Waals surface area contributed by atoms with E-state index in [4.69, 9.17) is 21.1 Å². The van der Waals surface area contributed by atoms with Gasteiger partial charge in [-0.05, 0) is 51.5 Å². The maximum atomic E-state index is 10.1. The molecule has 7 heteroatoms. The number of halogens is 2. The Balaban J connectivity index is 1.56. The molecule has 0 aliphatic rings. The Hall–Kier alpha value is -3.32. The second-order valence-corrected chi connectivity index (χ2v) is 11.2. The Morgan fingerprint density at radius 1 is 0.975 bits per heavy atom. The number of hydrogen-bond acceptors (Lipinski definition) is 5. The molecule has 0 fully saturated rings. The minimum atomic E-state index is -0.241. The lowest BCUT2D eigenvalue weighted by Crippen LogP contribution is -2.31. The molecule has 2 N–H and O–H groups in total. The van der Waals surface area contributed by atoms with Gasteiger partial charge in [0.05, 0.1) is 11.1 Å². The largest absolute Gasteiger partial charge is 0.511 e. The number of benzene rings is 3. The Bertz CT molecular complexity index is 1410. The highest BCUT2D eigenvalue weighted by Crippen LogP contribution is 2.36. The van der Waals surface area contributed by atoms with Gasteiger partial charge in [-0.3, -0.25) is 4.98 Å². The highest BCUT2D eigenvalue weighted by Gasteiger charge is 2.17. The summed E-state index contributed by atoms with van der Waals surface area (Å²) in [6.45, 7) is 9.06. The lowest BCUT2D eigenvalue weighted by atomic mass is 10.0. The zero-order valence-electron chi connectivity index (χ0n) is 22.7. The number of hydrogen-bond donors (Lipinski definition) is 2. The van der Waals surface area contributed by atoms with Crippen LogP contribution in [0.3, 0.4) is 0 Å². The van der Waals surface area contributed by atoms with Gasteiger partial charge in [0.1, 0.15) is 30.5 Å². The number of aliphatic hydroxyl groups excluding tert-OH is 1. The van der Waals surface area contributed by atoms with E-state index < -0.39 is 0 Å². The van der Waals surface area contributed by atoms with Crippen molar-refractivity contribution in [1.82, 2.24) is 10.3 Å². The maximum absolute atomic E-state index is 10.1. The Morgan fingerprint density at radius 2 is 1.75 bits per heavy atom. The SMILES string of the molecule is C=C(O)[C@H](CC(C)C)NCc1cc(Cl)c(OCc2cccc(-c3ccccc3)c2Br)cc1OCc1cccnc1. The summed E-state index contributed by atoms with van der Waals surface area (Å²) in [4.78, 5) is 4.18. The first-order valence-corrected chi connectivity index (χ1v) is 14.4. The Labute approximate surface area is 250 Å². The Kier molecular flexibility index (Phi) is 10.6. The van der Waals surface area contributed by atoms with E-state index >= 15 is 0 Å². The van der Waals surface area contributed by atoms with Crippen LogP contribution in [0.2, 0.25) is 5.02 Å². The second kappa shape index (κ2) is 14.4. The topological polar surface area (TPSA) is 63.6 Å². The fraction of sp³-hybridized carbons (Fsp3) is 0.242. The summed E-state index contributed by atoms with van der Waals surface area (Å²) in [5, 5.41) is 14.0. The van der Waals surface area contributed by atoms with Crippen molar-refractivity contribution >= 4 is 27.5 Å². The fourth-order valence-corrected chi connectivity index (χ4v) is 5.18. The fourth-order valence-electron chi connectivity index (χ4n) is 4.33. The van der Waals surface area contributed by atoms with Crippen LogP contribution >= 0.6 is 27.5 Å². The molecule has 208 valence electrons. The van der Waals surface area contributed by atoms with Gasteiger partial charge in [-0.15, -0.1) is 0 Å². The molecule has 3 aromatic carbocycles. The molecule has 0 bridgehead atoms. The van der Waals surface area contributed by atoms with Crippen LogP contribution in [0.15, 0.2) is 102 Å². The molecule has 0 unspecified atom stereocenters. The Morgan fingerprint density at radius 3 is 2.45 bits per heavy atom. The molecule has 0 spiro atoms. The third kappa shape index (κ3) is 8.10. The molecular formula is C33H34BrClN2O3. The van der Waals surface area contributed by atoms with Crippen LogP contribution in [-0.4, -0.2) is 16.1 Å². The van der Waals surface area contributed by atoms with Crippen molar-refractivity contribution in [2.24, 2.45) is 5.92 Å². The number of nitrogens with one attached hydrogen (secondary N) is 1. The lowest BCUT2D eigenvalue weighted by Gasteiger charge is -2.21. The highest BCUT2D eigenvalue weighted by atomic mass is 79.9. The molecule has 1 heterocycles. The van der Waals surface area contributed by atoms with Gasteiger partial charge >= 0.3 is 0 Å². The second-order valence-electron chi connectivity index (χ2n) is 10.0. The zero-order valence-corrected chi connectivity index (χ0v) is 25.1. The van der Waals surface area contributed by atoms with E-state index in [1.54, 1.807) is 12.4 Å². The molecule has 1 atom stereocenters. The van der Waals surface area contributed by atoms with Crippen LogP contribution < -0.4 is 14.8 Å². The van der Waals surface area contributed by atoms with Crippen molar-refractivity contribution in [3.63, 3.8) is 0 Å². The van der Waals surface area contributed by atoms with Crippen LogP contribution in [0.1, 0.15) is 37.0 Å². The predicted molar refractivity (Wildman–Crippen MR) is 166 cm³/mol. The molecule has 4 rings (SSSR count). The van der Waals surface area contributed by atoms with E-state index in [1.807, 2.05) is 54.6 Å². The van der Waals surface area contributed by atoms with Gasteiger partial charge in [-0.2, -0.15) is 0 Å². The number of ether oxygens (including phenoxy) is 2. The molecule has 0 saturated heterocycles. The molecule has 0 aliphatic carbocycles. The number of pyridine rings is 1. The van der Waals surface area contributed by atoms with E-state index in [1.165, 1.54) is 0 Å². The number of aromatic nitrogens is 1. The quantitative estimate of drug-likeness (QED) is 0.146. The summed E-state index contributed by atoms with van der Waals surface area (Å²) in [5.41, 5.74) is 5.01. The van der Waals surface area contributed by atoms with Gasteiger partial charge in [0, 0.05) is 46.2 Å². The van der Waals surface area contributed by atoms with Crippen molar-refractivity contribution in [1.29, 1.82) is 0 Å². The van der Waals surface area contributed by atoms with Crippen molar-refractivity contribution < 1.29 is 14.6 Å². The van der Waals surface area contributed by atoms with Crippen LogP contribution in [-0.2, 0) is 19.8 Å². The smallest absolute Gasteiger partial charge is 0.142 e. The highest BCUT2D eigenvalue weighted by molar-refractivity contribution is 9.10. The van der Waals surface area contributed by atoms with Crippen LogP contribution in [0.5, 0.6) is 11.5 Å². The standard InChI is InChI=1S/C33H34BrClN2O3/c1-22(2)15-30(23(3)38)37-19-27-16-29(35)32(17-31(27)39-20-24-9-8-14-36-18-24)40-21-26-12-7-13-28(33(26)34)25-10-5-4-6-11-25/h4-14,16-18,22,30,37-38H,3,15,19-21H2,1-2H3/t30-/m0/s1. The normalized spacial score (nSPS) is 11.8. The van der Waals surface area contributed by atoms with Crippen LogP contribution in [0.4, 0.5) is 0 Å². The van der Waals surface area contributed by atoms with Gasteiger partial charge in [0.2, 0.25) is 0 Å². The van der Waals surface area contributed by atoms with Crippen LogP contribution in [0, 0.1) is 5.92 Å². The van der Waals surface area contributed by atoms with E-state index in [-0.39, 0.29) is 11.8 Å². The van der Waals surface area contributed by atoms with Gasteiger partial charge in [-0.1, -0.05) is 86.6 Å². The van der Waals surface area contributed by atoms with Crippen molar-refractivity contribution in [2.45, 2.75) is 46.1 Å². The van der Waals surface area contributed by atoms with Crippen molar-refractivity contribution in [3.8, 4) is 22.6 Å². The molecule has 0 amide bonds. The van der Waals surface area contributed by atoms with Gasteiger partial charge < -0.3 is 19.9 Å². The van der Waals surface area contributed by atoms with E-state index in [0.717, 1.165) is 38.7 Å². The molecule has 4 aromatic rings. The molecule has 1 aromatic heterocycles. The van der Waals surface area contributed by atoms with E-state index in [9.17, 15) is 5.11 Å². The minimum absolute atomic E-state index is 0.112. The number of rotatable bonds is 13. The summed E-state index contributed by atoms with van der Waals surface area (Å²) in [7, 11) is 0. The van der Waals surface area contributed by atoms with Crippen molar-refractivity contribution in [3.05, 3.63) is 124 Å². The summed E-state index contributed by atoms with van der Waals surface area (Å²) >= 11 is 10.5. The minimum Gasteiger partial charge on any atom is -0.511 e. The zero-order chi connectivity index (χ0) is 28.5. The summed E-state index contributed by atoms with van der Waals surface area (Å²) in [6.07, 6.45) is 4.26.